The van der Waals surface area contributed by atoms with E-state index in [1.54, 1.807) is 0 Å². The lowest BCUT2D eigenvalue weighted by molar-refractivity contribution is -0.0421. The highest BCUT2D eigenvalue weighted by molar-refractivity contribution is 9.11. The van der Waals surface area contributed by atoms with E-state index in [2.05, 4.69) is 134 Å². The van der Waals surface area contributed by atoms with Crippen LogP contribution >= 0.6 is 15.9 Å². The van der Waals surface area contributed by atoms with E-state index in [1.165, 1.54) is 6.42 Å². The van der Waals surface area contributed by atoms with Crippen molar-refractivity contribution in [1.29, 1.82) is 0 Å². The van der Waals surface area contributed by atoms with Crippen LogP contribution in [0.15, 0.2) is 102 Å². The van der Waals surface area contributed by atoms with Gasteiger partial charge >= 0.3 is 0 Å². The second-order valence-corrected chi connectivity index (χ2v) is 9.40. The fourth-order valence-corrected chi connectivity index (χ4v) is 4.84. The summed E-state index contributed by atoms with van der Waals surface area (Å²) in [5, 5.41) is 0. The molecular weight excluding hydrogens is 444 g/mol. The van der Waals surface area contributed by atoms with Crippen molar-refractivity contribution < 1.29 is 4.74 Å². The molecule has 0 aliphatic heterocycles. The van der Waals surface area contributed by atoms with Crippen molar-refractivity contribution in [3.8, 4) is 0 Å². The zero-order valence-electron chi connectivity index (χ0n) is 18.8. The van der Waals surface area contributed by atoms with E-state index in [-0.39, 0.29) is 11.5 Å². The molecule has 0 fully saturated rings. The molecule has 0 N–H and O–H groups in total. The van der Waals surface area contributed by atoms with E-state index < -0.39 is 5.60 Å². The van der Waals surface area contributed by atoms with Crippen LogP contribution in [0.1, 0.15) is 56.7 Å². The molecule has 0 saturated heterocycles. The van der Waals surface area contributed by atoms with E-state index in [9.17, 15) is 0 Å². The van der Waals surface area contributed by atoms with Gasteiger partial charge in [-0.3, -0.25) is 0 Å². The Morgan fingerprint density at radius 1 is 0.774 bits per heavy atom. The van der Waals surface area contributed by atoms with Gasteiger partial charge in [-0.05, 0) is 46.0 Å². The topological polar surface area (TPSA) is 9.23 Å². The summed E-state index contributed by atoms with van der Waals surface area (Å²) in [4.78, 5) is 1.94. The van der Waals surface area contributed by atoms with Crippen LogP contribution in [0.5, 0.6) is 0 Å². The van der Waals surface area contributed by atoms with Crippen LogP contribution in [0.3, 0.4) is 0 Å². The maximum absolute atomic E-state index is 7.20. The summed E-state index contributed by atoms with van der Waals surface area (Å²) in [6, 6.07) is 31.8. The minimum absolute atomic E-state index is 0.0541. The van der Waals surface area contributed by atoms with Crippen molar-refractivity contribution in [2.75, 3.05) is 0 Å². The van der Waals surface area contributed by atoms with Gasteiger partial charge in [-0.1, -0.05) is 134 Å². The lowest BCUT2D eigenvalue weighted by atomic mass is 9.78. The van der Waals surface area contributed by atoms with Gasteiger partial charge in [0.2, 0.25) is 0 Å². The molecule has 0 saturated carbocycles. The third-order valence-electron chi connectivity index (χ3n) is 5.84. The number of halogens is 1. The molecule has 0 amide bonds. The van der Waals surface area contributed by atoms with Crippen LogP contribution in [0.4, 0.5) is 0 Å². The first kappa shape index (κ1) is 23.5. The van der Waals surface area contributed by atoms with E-state index in [0.29, 0.717) is 0 Å². The molecule has 0 aliphatic rings. The molecule has 3 aromatic carbocycles. The van der Waals surface area contributed by atoms with Crippen LogP contribution in [0, 0.1) is 5.41 Å². The minimum atomic E-state index is -0.705. The molecule has 0 aromatic heterocycles. The largest absolute Gasteiger partial charge is 0.353 e. The molecule has 2 heteroatoms. The van der Waals surface area contributed by atoms with Gasteiger partial charge in [0.05, 0.1) is 6.10 Å². The summed E-state index contributed by atoms with van der Waals surface area (Å²) >= 11 is 3.51. The van der Waals surface area contributed by atoms with Crippen molar-refractivity contribution in [2.45, 2.75) is 51.7 Å². The first-order valence-electron chi connectivity index (χ1n) is 11.1. The van der Waals surface area contributed by atoms with Crippen LogP contribution in [0.25, 0.3) is 0 Å². The van der Waals surface area contributed by atoms with E-state index in [1.807, 2.05) is 4.99 Å². The van der Waals surface area contributed by atoms with Crippen molar-refractivity contribution in [2.24, 2.45) is 5.41 Å². The average Bonchev–Trinajstić information content (AvgIpc) is 2.79. The van der Waals surface area contributed by atoms with Crippen LogP contribution in [-0.2, 0) is 10.3 Å². The normalized spacial score (nSPS) is 13.4. The van der Waals surface area contributed by atoms with Crippen molar-refractivity contribution in [3.63, 3.8) is 0 Å². The number of hydrogen-bond donors (Lipinski definition) is 0. The number of ether oxygens (including phenoxy) is 1. The van der Waals surface area contributed by atoms with Gasteiger partial charge in [0, 0.05) is 0 Å². The van der Waals surface area contributed by atoms with Gasteiger partial charge < -0.3 is 4.74 Å². The Morgan fingerprint density at radius 2 is 1.19 bits per heavy atom. The summed E-state index contributed by atoms with van der Waals surface area (Å²) in [6.45, 7) is 6.93. The summed E-state index contributed by atoms with van der Waals surface area (Å²) < 4.78 is 7.20. The van der Waals surface area contributed by atoms with Gasteiger partial charge in [-0.2, -0.15) is 0 Å². The van der Waals surface area contributed by atoms with Crippen molar-refractivity contribution >= 4 is 15.9 Å². The zero-order chi connectivity index (χ0) is 22.2. The maximum atomic E-state index is 7.20. The van der Waals surface area contributed by atoms with E-state index in [0.717, 1.165) is 29.5 Å². The molecule has 0 radical (unpaired) electrons. The van der Waals surface area contributed by atoms with E-state index in [4.69, 9.17) is 4.74 Å². The van der Waals surface area contributed by atoms with Gasteiger partial charge in [0.15, 0.2) is 0 Å². The Kier molecular flexibility index (Phi) is 8.28. The SMILES string of the molecule is CCCC(C)(C)CC(C=CBr)OC(c1ccccc1)(c1ccccc1)c1ccccc1. The molecule has 3 rings (SSSR count). The highest BCUT2D eigenvalue weighted by atomic mass is 79.9. The minimum Gasteiger partial charge on any atom is -0.353 e. The van der Waals surface area contributed by atoms with Gasteiger partial charge in [0.25, 0.3) is 0 Å². The van der Waals surface area contributed by atoms with Gasteiger partial charge in [-0.25, -0.2) is 0 Å². The standard InChI is InChI=1S/C29H33BrO/c1-4-21-28(2,3)23-27(20-22-30)31-29(24-14-8-5-9-15-24,25-16-10-6-11-17-25)26-18-12-7-13-19-26/h5-20,22,27H,4,21,23H2,1-3H3. The predicted octanol–water partition coefficient (Wildman–Crippen LogP) is 8.49. The Morgan fingerprint density at radius 3 is 1.55 bits per heavy atom. The molecular formula is C29H33BrO. The molecule has 0 bridgehead atoms. The zero-order valence-corrected chi connectivity index (χ0v) is 20.4. The van der Waals surface area contributed by atoms with Crippen molar-refractivity contribution in [3.05, 3.63) is 119 Å². The lowest BCUT2D eigenvalue weighted by Crippen LogP contribution is -2.38. The fraction of sp³-hybridized carbons (Fsp3) is 0.310. The number of hydrogen-bond acceptors (Lipinski definition) is 1. The Balaban J connectivity index is 2.19. The highest BCUT2D eigenvalue weighted by Gasteiger charge is 2.40. The molecule has 162 valence electrons. The van der Waals surface area contributed by atoms with Crippen LogP contribution in [-0.4, -0.2) is 6.10 Å². The van der Waals surface area contributed by atoms with Gasteiger partial charge in [0.1, 0.15) is 5.60 Å². The second kappa shape index (κ2) is 10.9. The van der Waals surface area contributed by atoms with Crippen molar-refractivity contribution in [1.82, 2.24) is 0 Å². The fourth-order valence-electron chi connectivity index (χ4n) is 4.50. The van der Waals surface area contributed by atoms with E-state index >= 15 is 0 Å². The lowest BCUT2D eigenvalue weighted by Gasteiger charge is -2.40. The van der Waals surface area contributed by atoms with Crippen LogP contribution in [0.2, 0.25) is 0 Å². The van der Waals surface area contributed by atoms with Gasteiger partial charge in [-0.15, -0.1) is 0 Å². The van der Waals surface area contributed by atoms with Crippen LogP contribution < -0.4 is 0 Å². The third kappa shape index (κ3) is 5.75. The molecule has 1 atom stereocenters. The highest BCUT2D eigenvalue weighted by Crippen LogP contribution is 2.43. The molecule has 31 heavy (non-hydrogen) atoms. The molecule has 3 aromatic rings. The number of benzene rings is 3. The molecule has 0 spiro atoms. The first-order chi connectivity index (χ1) is 15.0. The third-order valence-corrected chi connectivity index (χ3v) is 6.14. The maximum Gasteiger partial charge on any atom is 0.144 e. The Labute approximate surface area is 196 Å². The summed E-state index contributed by atoms with van der Waals surface area (Å²) in [6.07, 6.45) is 5.36. The molecule has 0 heterocycles. The quantitative estimate of drug-likeness (QED) is 0.266. The summed E-state index contributed by atoms with van der Waals surface area (Å²) in [5.74, 6) is 0. The Bertz CT molecular complexity index is 836. The number of rotatable bonds is 10. The molecule has 1 nitrogen and oxygen atoms in total. The molecule has 1 unspecified atom stereocenters. The average molecular weight is 477 g/mol. The monoisotopic (exact) mass is 476 g/mol. The molecule has 0 aliphatic carbocycles. The summed E-state index contributed by atoms with van der Waals surface area (Å²) in [7, 11) is 0. The first-order valence-corrected chi connectivity index (χ1v) is 12.0. The Hall–Kier alpha value is -2.16. The summed E-state index contributed by atoms with van der Waals surface area (Å²) in [5.41, 5.74) is 2.88. The second-order valence-electron chi connectivity index (χ2n) is 8.87. The smallest absolute Gasteiger partial charge is 0.144 e. The predicted molar refractivity (Wildman–Crippen MR) is 135 cm³/mol.